The molecule has 0 spiro atoms. The van der Waals surface area contributed by atoms with E-state index in [1.807, 2.05) is 0 Å². The van der Waals surface area contributed by atoms with E-state index in [4.69, 9.17) is 5.11 Å². The van der Waals surface area contributed by atoms with E-state index in [1.165, 1.54) is 16.8 Å². The van der Waals surface area contributed by atoms with Gasteiger partial charge in [-0.1, -0.05) is 11.8 Å². The van der Waals surface area contributed by atoms with Crippen LogP contribution in [0.5, 0.6) is 0 Å². The molecular formula is C13H17N3O4S. The number of piperidine rings is 1. The van der Waals surface area contributed by atoms with Crippen LogP contribution in [0.2, 0.25) is 0 Å². The lowest BCUT2D eigenvalue weighted by Gasteiger charge is -2.27. The number of rotatable bonds is 5. The monoisotopic (exact) mass is 311 g/mol. The van der Waals surface area contributed by atoms with Crippen LogP contribution < -0.4 is 5.56 Å². The van der Waals surface area contributed by atoms with Gasteiger partial charge in [-0.25, -0.2) is 0 Å². The fourth-order valence-electron chi connectivity index (χ4n) is 2.16. The first-order valence-corrected chi connectivity index (χ1v) is 7.74. The molecule has 7 nitrogen and oxygen atoms in total. The maximum Gasteiger partial charge on any atom is 0.313 e. The molecule has 1 N–H and O–H groups in total. The molecule has 1 saturated heterocycles. The van der Waals surface area contributed by atoms with E-state index in [-0.39, 0.29) is 23.4 Å². The minimum Gasteiger partial charge on any atom is -0.481 e. The third-order valence-corrected chi connectivity index (χ3v) is 4.16. The molecule has 0 unspecified atom stereocenters. The Labute approximate surface area is 126 Å². The largest absolute Gasteiger partial charge is 0.481 e. The van der Waals surface area contributed by atoms with E-state index in [1.54, 1.807) is 4.90 Å². The van der Waals surface area contributed by atoms with Crippen LogP contribution in [-0.4, -0.2) is 50.3 Å². The number of carboxylic acids is 1. The van der Waals surface area contributed by atoms with Crippen LogP contribution >= 0.6 is 11.8 Å². The van der Waals surface area contributed by atoms with Crippen LogP contribution in [0, 0.1) is 0 Å². The average Bonchev–Trinajstić information content (AvgIpc) is 2.48. The molecule has 8 heteroatoms. The molecule has 21 heavy (non-hydrogen) atoms. The second kappa shape index (κ2) is 7.26. The Kier molecular flexibility index (Phi) is 5.38. The zero-order chi connectivity index (χ0) is 15.2. The molecule has 0 aromatic carbocycles. The Morgan fingerprint density at radius 1 is 1.29 bits per heavy atom. The van der Waals surface area contributed by atoms with Crippen LogP contribution in [0.4, 0.5) is 0 Å². The highest BCUT2D eigenvalue weighted by atomic mass is 32.2. The molecule has 0 atom stereocenters. The van der Waals surface area contributed by atoms with Gasteiger partial charge in [-0.05, 0) is 19.3 Å². The number of hydrogen-bond acceptors (Lipinski definition) is 5. The van der Waals surface area contributed by atoms with Crippen molar-refractivity contribution in [2.45, 2.75) is 31.0 Å². The molecule has 1 fully saturated rings. The summed E-state index contributed by atoms with van der Waals surface area (Å²) in [5, 5.41) is 8.97. The number of carboxylic acid groups (broad SMARTS) is 1. The highest BCUT2D eigenvalue weighted by molar-refractivity contribution is 7.99. The van der Waals surface area contributed by atoms with Gasteiger partial charge in [0, 0.05) is 25.4 Å². The van der Waals surface area contributed by atoms with Gasteiger partial charge in [-0.15, -0.1) is 0 Å². The van der Waals surface area contributed by atoms with Crippen molar-refractivity contribution in [2.75, 3.05) is 18.8 Å². The molecule has 1 amide bonds. The predicted octanol–water partition coefficient (Wildman–Crippen LogP) is 0.432. The van der Waals surface area contributed by atoms with Gasteiger partial charge in [0.1, 0.15) is 6.54 Å². The standard InChI is InChI=1S/C13H17N3O4S/c17-10-4-7-16(13(14-10)21-9-12(19)20)8-11(18)15-5-2-1-3-6-15/h4,7H,1-3,5-6,8-9H2,(H,19,20). The van der Waals surface area contributed by atoms with E-state index < -0.39 is 11.5 Å². The van der Waals surface area contributed by atoms with E-state index in [0.717, 1.165) is 44.1 Å². The molecule has 0 bridgehead atoms. The van der Waals surface area contributed by atoms with Crippen molar-refractivity contribution >= 4 is 23.6 Å². The smallest absolute Gasteiger partial charge is 0.313 e. The van der Waals surface area contributed by atoms with Crippen molar-refractivity contribution in [3.05, 3.63) is 22.6 Å². The Hall–Kier alpha value is -1.83. The number of hydrogen-bond donors (Lipinski definition) is 1. The van der Waals surface area contributed by atoms with E-state index in [2.05, 4.69) is 4.98 Å². The SMILES string of the molecule is O=C(O)CSc1nc(=O)ccn1CC(=O)N1CCCCC1. The summed E-state index contributed by atoms with van der Waals surface area (Å²) in [6.45, 7) is 1.59. The summed E-state index contributed by atoms with van der Waals surface area (Å²) in [5.74, 6) is -1.22. The number of aliphatic carboxylic acids is 1. The molecule has 0 saturated carbocycles. The van der Waals surface area contributed by atoms with Gasteiger partial charge in [0.25, 0.3) is 5.56 Å². The zero-order valence-electron chi connectivity index (χ0n) is 11.5. The molecule has 1 aromatic heterocycles. The third kappa shape index (κ3) is 4.59. The summed E-state index contributed by atoms with van der Waals surface area (Å²) < 4.78 is 1.53. The maximum absolute atomic E-state index is 12.2. The Bertz CT molecular complexity index is 581. The van der Waals surface area contributed by atoms with Gasteiger partial charge in [-0.2, -0.15) is 4.98 Å². The topological polar surface area (TPSA) is 92.5 Å². The van der Waals surface area contributed by atoms with Gasteiger partial charge in [0.15, 0.2) is 5.16 Å². The number of nitrogens with zero attached hydrogens (tertiary/aromatic N) is 3. The molecule has 1 aliphatic rings. The molecule has 1 aromatic rings. The van der Waals surface area contributed by atoms with Crippen molar-refractivity contribution < 1.29 is 14.7 Å². The second-order valence-electron chi connectivity index (χ2n) is 4.80. The fraction of sp³-hybridized carbons (Fsp3) is 0.538. The molecule has 0 aliphatic carbocycles. The van der Waals surface area contributed by atoms with E-state index in [0.29, 0.717) is 0 Å². The van der Waals surface area contributed by atoms with Crippen molar-refractivity contribution in [1.29, 1.82) is 0 Å². The predicted molar refractivity (Wildman–Crippen MR) is 77.3 cm³/mol. The molecule has 0 radical (unpaired) electrons. The minimum absolute atomic E-state index is 0.0303. The van der Waals surface area contributed by atoms with Gasteiger partial charge < -0.3 is 14.6 Å². The fourth-order valence-corrected chi connectivity index (χ4v) is 2.86. The summed E-state index contributed by atoms with van der Waals surface area (Å²) in [6, 6.07) is 1.27. The van der Waals surface area contributed by atoms with Crippen molar-refractivity contribution in [3.63, 3.8) is 0 Å². The molecular weight excluding hydrogens is 294 g/mol. The molecule has 1 aliphatic heterocycles. The van der Waals surface area contributed by atoms with Crippen LogP contribution in [0.3, 0.4) is 0 Å². The second-order valence-corrected chi connectivity index (χ2v) is 5.74. The molecule has 2 rings (SSSR count). The van der Waals surface area contributed by atoms with Gasteiger partial charge in [-0.3, -0.25) is 14.4 Å². The lowest BCUT2D eigenvalue weighted by molar-refractivity contribution is -0.134. The van der Waals surface area contributed by atoms with Gasteiger partial charge in [0.05, 0.1) is 5.75 Å². The Morgan fingerprint density at radius 2 is 2.00 bits per heavy atom. The lowest BCUT2D eigenvalue weighted by atomic mass is 10.1. The van der Waals surface area contributed by atoms with Crippen LogP contribution in [-0.2, 0) is 16.1 Å². The number of amides is 1. The summed E-state index contributed by atoms with van der Waals surface area (Å²) in [7, 11) is 0. The molecule has 2 heterocycles. The highest BCUT2D eigenvalue weighted by Crippen LogP contribution is 2.15. The molecule has 114 valence electrons. The minimum atomic E-state index is -0.994. The third-order valence-electron chi connectivity index (χ3n) is 3.19. The lowest BCUT2D eigenvalue weighted by Crippen LogP contribution is -2.38. The quantitative estimate of drug-likeness (QED) is 0.626. The number of aromatic nitrogens is 2. The van der Waals surface area contributed by atoms with Crippen LogP contribution in [0.15, 0.2) is 22.2 Å². The van der Waals surface area contributed by atoms with Crippen molar-refractivity contribution in [3.8, 4) is 0 Å². The van der Waals surface area contributed by atoms with Crippen LogP contribution in [0.1, 0.15) is 19.3 Å². The van der Waals surface area contributed by atoms with E-state index >= 15 is 0 Å². The number of thioether (sulfide) groups is 1. The van der Waals surface area contributed by atoms with Crippen molar-refractivity contribution in [1.82, 2.24) is 14.5 Å². The van der Waals surface area contributed by atoms with E-state index in [9.17, 15) is 14.4 Å². The summed E-state index contributed by atoms with van der Waals surface area (Å²) in [6.07, 6.45) is 4.65. The number of carbonyl (C=O) groups excluding carboxylic acids is 1. The average molecular weight is 311 g/mol. The summed E-state index contributed by atoms with van der Waals surface area (Å²) >= 11 is 0.940. The summed E-state index contributed by atoms with van der Waals surface area (Å²) in [5.41, 5.74) is -0.440. The first-order valence-electron chi connectivity index (χ1n) is 6.76. The van der Waals surface area contributed by atoms with Crippen LogP contribution in [0.25, 0.3) is 0 Å². The van der Waals surface area contributed by atoms with Gasteiger partial charge >= 0.3 is 5.97 Å². The first-order chi connectivity index (χ1) is 10.1. The number of likely N-dealkylation sites (tertiary alicyclic amines) is 1. The Morgan fingerprint density at radius 3 is 2.67 bits per heavy atom. The summed E-state index contributed by atoms with van der Waals surface area (Å²) in [4.78, 5) is 39.7. The van der Waals surface area contributed by atoms with Crippen molar-refractivity contribution in [2.24, 2.45) is 0 Å². The maximum atomic E-state index is 12.2. The zero-order valence-corrected chi connectivity index (χ0v) is 12.3. The number of carbonyl (C=O) groups is 2. The normalized spacial score (nSPS) is 15.0. The first kappa shape index (κ1) is 15.6. The Balaban J connectivity index is 2.08. The van der Waals surface area contributed by atoms with Gasteiger partial charge in [0.2, 0.25) is 5.91 Å². The highest BCUT2D eigenvalue weighted by Gasteiger charge is 2.18.